The number of nitrogens with one attached hydrogen (secondary N) is 2. The highest BCUT2D eigenvalue weighted by molar-refractivity contribution is 5.74. The van der Waals surface area contributed by atoms with Crippen LogP contribution in [0.3, 0.4) is 0 Å². The molecule has 2 heterocycles. The Morgan fingerprint density at radius 3 is 2.57 bits per heavy atom. The van der Waals surface area contributed by atoms with Gasteiger partial charge in [-0.2, -0.15) is 0 Å². The summed E-state index contributed by atoms with van der Waals surface area (Å²) in [5.74, 6) is -0.318. The lowest BCUT2D eigenvalue weighted by Gasteiger charge is -2.34. The van der Waals surface area contributed by atoms with Crippen molar-refractivity contribution in [1.82, 2.24) is 19.8 Å². The van der Waals surface area contributed by atoms with Gasteiger partial charge >= 0.3 is 11.7 Å². The van der Waals surface area contributed by atoms with E-state index in [1.165, 1.54) is 21.3 Å². The predicted molar refractivity (Wildman–Crippen MR) is 113 cm³/mol. The van der Waals surface area contributed by atoms with E-state index in [2.05, 4.69) is 10.6 Å². The van der Waals surface area contributed by atoms with Crippen LogP contribution in [0.15, 0.2) is 40.1 Å². The molecule has 1 aromatic heterocycles. The van der Waals surface area contributed by atoms with Gasteiger partial charge in [-0.1, -0.05) is 12.1 Å². The molecule has 1 unspecified atom stereocenters. The average molecular weight is 417 g/mol. The summed E-state index contributed by atoms with van der Waals surface area (Å²) in [4.78, 5) is 39.3. The van der Waals surface area contributed by atoms with E-state index in [-0.39, 0.29) is 29.1 Å². The number of halogens is 1. The highest BCUT2D eigenvalue weighted by Crippen LogP contribution is 2.16. The Morgan fingerprint density at radius 1 is 1.17 bits per heavy atom. The number of amides is 2. The largest absolute Gasteiger partial charge is 0.364 e. The molecule has 30 heavy (non-hydrogen) atoms. The topological polar surface area (TPSA) is 88.4 Å². The van der Waals surface area contributed by atoms with Gasteiger partial charge in [-0.3, -0.25) is 13.9 Å². The highest BCUT2D eigenvalue weighted by atomic mass is 19.1. The van der Waals surface area contributed by atoms with Crippen LogP contribution in [-0.4, -0.2) is 34.3 Å². The van der Waals surface area contributed by atoms with Crippen molar-refractivity contribution in [3.63, 3.8) is 0 Å². The van der Waals surface area contributed by atoms with Gasteiger partial charge in [-0.15, -0.1) is 0 Å². The lowest BCUT2D eigenvalue weighted by atomic mass is 10.1. The first kappa shape index (κ1) is 21.6. The van der Waals surface area contributed by atoms with Gasteiger partial charge in [-0.25, -0.2) is 14.0 Å². The molecule has 1 aliphatic rings. The molecule has 2 aromatic rings. The quantitative estimate of drug-likeness (QED) is 0.748. The molecule has 1 aromatic carbocycles. The van der Waals surface area contributed by atoms with Crippen LogP contribution in [0.2, 0.25) is 0 Å². The molecule has 9 heteroatoms. The maximum atomic E-state index is 13.0. The van der Waals surface area contributed by atoms with Crippen LogP contribution in [0.4, 0.5) is 14.9 Å². The summed E-state index contributed by atoms with van der Waals surface area (Å²) in [6.45, 7) is 5.91. The lowest BCUT2D eigenvalue weighted by molar-refractivity contribution is 0.234. The van der Waals surface area contributed by atoms with Crippen molar-refractivity contribution in [3.8, 4) is 0 Å². The molecule has 1 fully saturated rings. The van der Waals surface area contributed by atoms with Crippen LogP contribution in [-0.2, 0) is 19.6 Å². The fraction of sp³-hybridized carbons (Fsp3) is 0.476. The van der Waals surface area contributed by atoms with E-state index in [4.69, 9.17) is 0 Å². The monoisotopic (exact) mass is 417 g/mol. The molecule has 0 aliphatic carbocycles. The molecule has 162 valence electrons. The van der Waals surface area contributed by atoms with E-state index in [1.54, 1.807) is 25.3 Å². The summed E-state index contributed by atoms with van der Waals surface area (Å²) < 4.78 is 15.7. The molecular formula is C21H28FN5O3. The Labute approximate surface area is 174 Å². The smallest absolute Gasteiger partial charge is 0.331 e. The summed E-state index contributed by atoms with van der Waals surface area (Å²) in [6, 6.07) is 5.53. The van der Waals surface area contributed by atoms with Gasteiger partial charge in [0.1, 0.15) is 11.5 Å². The van der Waals surface area contributed by atoms with Crippen molar-refractivity contribution in [2.24, 2.45) is 0 Å². The molecule has 0 saturated carbocycles. The summed E-state index contributed by atoms with van der Waals surface area (Å²) in [6.07, 6.45) is 3.24. The second kappa shape index (κ2) is 9.60. The zero-order valence-corrected chi connectivity index (χ0v) is 17.4. The fourth-order valence-electron chi connectivity index (χ4n) is 3.70. The van der Waals surface area contributed by atoms with Crippen LogP contribution in [0.5, 0.6) is 0 Å². The Balaban J connectivity index is 1.65. The first-order chi connectivity index (χ1) is 14.4. The number of hydrogen-bond acceptors (Lipinski definition) is 4. The SMILES string of the molecule is CCn1cc(N2CCCC(NC(=O)NCc3ccc(F)cc3)C2)c(=O)n(CC)c1=O. The molecule has 0 bridgehead atoms. The molecule has 3 rings (SSSR count). The number of hydrogen-bond donors (Lipinski definition) is 2. The molecule has 2 amide bonds. The fourth-order valence-corrected chi connectivity index (χ4v) is 3.70. The van der Waals surface area contributed by atoms with E-state index >= 15 is 0 Å². The molecule has 0 radical (unpaired) electrons. The lowest BCUT2D eigenvalue weighted by Crippen LogP contribution is -2.52. The third kappa shape index (κ3) is 4.90. The number of urea groups is 1. The van der Waals surface area contributed by atoms with E-state index in [0.29, 0.717) is 38.4 Å². The minimum Gasteiger partial charge on any atom is -0.364 e. The Bertz CT molecular complexity index is 999. The second-order valence-electron chi connectivity index (χ2n) is 7.37. The molecule has 1 saturated heterocycles. The number of piperidine rings is 1. The van der Waals surface area contributed by atoms with E-state index in [1.807, 2.05) is 11.8 Å². The first-order valence-electron chi connectivity index (χ1n) is 10.3. The summed E-state index contributed by atoms with van der Waals surface area (Å²) in [7, 11) is 0. The normalized spacial score (nSPS) is 16.4. The molecule has 1 aliphatic heterocycles. The zero-order chi connectivity index (χ0) is 21.7. The standard InChI is InChI=1S/C21H28FN5O3/c1-3-25-14-18(19(28)27(4-2)21(25)30)26-11-5-6-17(13-26)24-20(29)23-12-15-7-9-16(22)10-8-15/h7-10,14,17H,3-6,11-13H2,1-2H3,(H2,23,24,29). The van der Waals surface area contributed by atoms with Crippen LogP contribution in [0.25, 0.3) is 0 Å². The van der Waals surface area contributed by atoms with E-state index in [9.17, 15) is 18.8 Å². The number of benzene rings is 1. The number of carbonyl (C=O) groups excluding carboxylic acids is 1. The Kier molecular flexibility index (Phi) is 6.91. The highest BCUT2D eigenvalue weighted by Gasteiger charge is 2.24. The predicted octanol–water partition coefficient (Wildman–Crippen LogP) is 1.66. The summed E-state index contributed by atoms with van der Waals surface area (Å²) >= 11 is 0. The first-order valence-corrected chi connectivity index (χ1v) is 10.3. The molecular weight excluding hydrogens is 389 g/mol. The summed E-state index contributed by atoms with van der Waals surface area (Å²) in [5.41, 5.74) is 0.685. The van der Waals surface area contributed by atoms with Crippen molar-refractivity contribution in [2.75, 3.05) is 18.0 Å². The van der Waals surface area contributed by atoms with Crippen LogP contribution in [0.1, 0.15) is 32.3 Å². The molecule has 8 nitrogen and oxygen atoms in total. The molecule has 2 N–H and O–H groups in total. The molecule has 0 spiro atoms. The number of rotatable bonds is 6. The summed E-state index contributed by atoms with van der Waals surface area (Å²) in [5, 5.41) is 5.72. The Hall–Kier alpha value is -3.10. The minimum atomic E-state index is -0.318. The van der Waals surface area contributed by atoms with Gasteiger partial charge in [0.25, 0.3) is 5.56 Å². The van der Waals surface area contributed by atoms with Crippen molar-refractivity contribution in [2.45, 2.75) is 52.4 Å². The Morgan fingerprint density at radius 2 is 1.90 bits per heavy atom. The number of carbonyl (C=O) groups is 1. The zero-order valence-electron chi connectivity index (χ0n) is 17.4. The van der Waals surface area contributed by atoms with Gasteiger partial charge in [0.05, 0.1) is 0 Å². The van der Waals surface area contributed by atoms with Gasteiger partial charge in [0.2, 0.25) is 0 Å². The van der Waals surface area contributed by atoms with Crippen LogP contribution in [0, 0.1) is 5.82 Å². The second-order valence-corrected chi connectivity index (χ2v) is 7.37. The molecule has 1 atom stereocenters. The maximum absolute atomic E-state index is 13.0. The maximum Gasteiger partial charge on any atom is 0.331 e. The minimum absolute atomic E-state index is 0.122. The van der Waals surface area contributed by atoms with E-state index in [0.717, 1.165) is 18.4 Å². The van der Waals surface area contributed by atoms with Crippen LogP contribution < -0.4 is 26.8 Å². The third-order valence-corrected chi connectivity index (χ3v) is 5.34. The van der Waals surface area contributed by atoms with Gasteiger partial charge in [-0.05, 0) is 44.4 Å². The number of nitrogens with zero attached hydrogens (tertiary/aromatic N) is 3. The van der Waals surface area contributed by atoms with Gasteiger partial charge in [0.15, 0.2) is 0 Å². The van der Waals surface area contributed by atoms with Gasteiger partial charge < -0.3 is 15.5 Å². The average Bonchev–Trinajstić information content (AvgIpc) is 2.74. The number of aryl methyl sites for hydroxylation is 1. The number of anilines is 1. The third-order valence-electron chi connectivity index (χ3n) is 5.34. The van der Waals surface area contributed by atoms with E-state index < -0.39 is 0 Å². The van der Waals surface area contributed by atoms with Crippen molar-refractivity contribution in [1.29, 1.82) is 0 Å². The number of aromatic nitrogens is 2. The van der Waals surface area contributed by atoms with Crippen molar-refractivity contribution < 1.29 is 9.18 Å². The van der Waals surface area contributed by atoms with Crippen molar-refractivity contribution >= 4 is 11.7 Å². The van der Waals surface area contributed by atoms with Crippen LogP contribution >= 0.6 is 0 Å². The van der Waals surface area contributed by atoms with Gasteiger partial charge in [0, 0.05) is 45.0 Å². The van der Waals surface area contributed by atoms with Crippen molar-refractivity contribution in [3.05, 3.63) is 62.7 Å².